The average Bonchev–Trinajstić information content (AvgIpc) is 3.20. The quantitative estimate of drug-likeness (QED) is 0.725. The number of aryl methyl sites for hydroxylation is 1. The van der Waals surface area contributed by atoms with E-state index in [0.29, 0.717) is 19.0 Å². The van der Waals surface area contributed by atoms with Crippen LogP contribution in [0.1, 0.15) is 36.8 Å². The smallest absolute Gasteiger partial charge is 0.317 e. The van der Waals surface area contributed by atoms with E-state index in [9.17, 15) is 4.79 Å². The summed E-state index contributed by atoms with van der Waals surface area (Å²) < 4.78 is 2.04. The number of hydrogen-bond donors (Lipinski definition) is 2. The fourth-order valence-electron chi connectivity index (χ4n) is 3.50. The Kier molecular flexibility index (Phi) is 8.64. The number of nitrogens with one attached hydrogen (secondary N) is 1. The van der Waals surface area contributed by atoms with Gasteiger partial charge in [-0.05, 0) is 44.9 Å². The second-order valence-corrected chi connectivity index (χ2v) is 7.53. The van der Waals surface area contributed by atoms with Crippen LogP contribution in [0.3, 0.4) is 0 Å². The van der Waals surface area contributed by atoms with E-state index in [0.717, 1.165) is 32.0 Å². The van der Waals surface area contributed by atoms with Crippen molar-refractivity contribution < 1.29 is 14.7 Å². The number of nitrogens with zero attached hydrogens (tertiary/aromatic N) is 5. The second kappa shape index (κ2) is 11.2. The predicted molar refractivity (Wildman–Crippen MR) is 116 cm³/mol. The van der Waals surface area contributed by atoms with Crippen molar-refractivity contribution in [2.24, 2.45) is 0 Å². The summed E-state index contributed by atoms with van der Waals surface area (Å²) >= 11 is 0. The molecule has 9 heteroatoms. The van der Waals surface area contributed by atoms with Crippen molar-refractivity contribution in [3.05, 3.63) is 41.5 Å². The van der Waals surface area contributed by atoms with Gasteiger partial charge >= 0.3 is 6.03 Å². The van der Waals surface area contributed by atoms with Crippen LogP contribution in [-0.2, 0) is 11.2 Å². The van der Waals surface area contributed by atoms with E-state index in [2.05, 4.69) is 66.3 Å². The van der Waals surface area contributed by atoms with Crippen LogP contribution in [0.2, 0.25) is 0 Å². The van der Waals surface area contributed by atoms with Gasteiger partial charge in [-0.2, -0.15) is 0 Å². The van der Waals surface area contributed by atoms with Gasteiger partial charge in [0.05, 0.1) is 0 Å². The highest BCUT2D eigenvalue weighted by Crippen LogP contribution is 2.23. The first kappa shape index (κ1) is 23.2. The van der Waals surface area contributed by atoms with Gasteiger partial charge in [0.25, 0.3) is 6.47 Å². The molecule has 1 aliphatic rings. The third kappa shape index (κ3) is 5.95. The van der Waals surface area contributed by atoms with E-state index in [4.69, 9.17) is 9.90 Å². The average molecular weight is 417 g/mol. The number of rotatable bonds is 5. The minimum absolute atomic E-state index is 0.00577. The van der Waals surface area contributed by atoms with E-state index in [1.54, 1.807) is 6.33 Å². The summed E-state index contributed by atoms with van der Waals surface area (Å²) in [5.41, 5.74) is 3.91. The maximum atomic E-state index is 12.5. The van der Waals surface area contributed by atoms with Crippen LogP contribution in [0.15, 0.2) is 24.5 Å². The lowest BCUT2D eigenvalue weighted by molar-refractivity contribution is -0.122. The number of hydrogen-bond acceptors (Lipinski definition) is 5. The molecule has 1 aromatic heterocycles. The largest absolute Gasteiger partial charge is 0.483 e. The lowest BCUT2D eigenvalue weighted by Crippen LogP contribution is -2.52. The van der Waals surface area contributed by atoms with Gasteiger partial charge in [-0.25, -0.2) is 4.79 Å². The molecule has 164 valence electrons. The zero-order chi connectivity index (χ0) is 22.1. The van der Waals surface area contributed by atoms with Gasteiger partial charge in [0.15, 0.2) is 0 Å². The number of anilines is 1. The van der Waals surface area contributed by atoms with Crippen molar-refractivity contribution in [1.29, 1.82) is 0 Å². The van der Waals surface area contributed by atoms with Crippen LogP contribution < -0.4 is 10.2 Å². The highest BCUT2D eigenvalue weighted by Gasteiger charge is 2.22. The molecule has 0 saturated carbocycles. The first-order valence-electron chi connectivity index (χ1n) is 10.2. The number of carboxylic acid groups (broad SMARTS) is 1. The van der Waals surface area contributed by atoms with Gasteiger partial charge in [-0.1, -0.05) is 12.1 Å². The highest BCUT2D eigenvalue weighted by molar-refractivity contribution is 5.74. The van der Waals surface area contributed by atoms with Crippen LogP contribution in [-0.4, -0.2) is 70.0 Å². The van der Waals surface area contributed by atoms with Gasteiger partial charge in [0.2, 0.25) is 0 Å². The first-order valence-corrected chi connectivity index (χ1v) is 10.2. The van der Waals surface area contributed by atoms with Crippen LogP contribution in [0.5, 0.6) is 0 Å². The van der Waals surface area contributed by atoms with E-state index < -0.39 is 0 Å². The number of piperazine rings is 1. The molecule has 0 aliphatic carbocycles. The number of urea groups is 1. The van der Waals surface area contributed by atoms with Gasteiger partial charge in [-0.3, -0.25) is 4.79 Å². The maximum Gasteiger partial charge on any atom is 0.317 e. The minimum atomic E-state index is -0.250. The summed E-state index contributed by atoms with van der Waals surface area (Å²) in [5, 5.41) is 18.0. The molecular weight excluding hydrogens is 384 g/mol. The van der Waals surface area contributed by atoms with Crippen molar-refractivity contribution >= 4 is 18.2 Å². The lowest BCUT2D eigenvalue weighted by Gasteiger charge is -2.37. The predicted octanol–water partition coefficient (Wildman–Crippen LogP) is 2.25. The normalized spacial score (nSPS) is 13.6. The Balaban J connectivity index is 0.00000101. The van der Waals surface area contributed by atoms with Gasteiger partial charge in [0, 0.05) is 50.9 Å². The fraction of sp³-hybridized carbons (Fsp3) is 0.524. The number of aromatic nitrogens is 3. The molecule has 30 heavy (non-hydrogen) atoms. The lowest BCUT2D eigenvalue weighted by atomic mass is 10.1. The standard InChI is InChI=1S/C20H30N6O.CH2O2/c1-15(2)26-14-22-23-19(26)8-9-21-20(27)25-12-10-24(11-13-25)18-7-5-6-16(3)17(18)4;2-1-3/h5-7,14-15H,8-13H2,1-4H3,(H,21,27);1H,(H,2,3). The maximum absolute atomic E-state index is 12.5. The molecule has 3 rings (SSSR count). The van der Waals surface area contributed by atoms with E-state index >= 15 is 0 Å². The molecule has 2 amide bonds. The summed E-state index contributed by atoms with van der Waals surface area (Å²) in [5.74, 6) is 0.907. The Morgan fingerprint density at radius 1 is 1.23 bits per heavy atom. The van der Waals surface area contributed by atoms with Crippen molar-refractivity contribution in [3.63, 3.8) is 0 Å². The summed E-state index contributed by atoms with van der Waals surface area (Å²) in [7, 11) is 0. The first-order chi connectivity index (χ1) is 14.4. The van der Waals surface area contributed by atoms with Crippen LogP contribution in [0.4, 0.5) is 10.5 Å². The highest BCUT2D eigenvalue weighted by atomic mass is 16.3. The molecule has 0 spiro atoms. The number of carbonyl (C=O) groups excluding carboxylic acids is 1. The fourth-order valence-corrected chi connectivity index (χ4v) is 3.50. The Hall–Kier alpha value is -3.10. The Labute approximate surface area is 177 Å². The zero-order valence-corrected chi connectivity index (χ0v) is 18.2. The summed E-state index contributed by atoms with van der Waals surface area (Å²) in [6, 6.07) is 6.74. The Morgan fingerprint density at radius 2 is 1.90 bits per heavy atom. The van der Waals surface area contributed by atoms with Crippen LogP contribution in [0, 0.1) is 13.8 Å². The molecule has 2 N–H and O–H groups in total. The molecule has 0 bridgehead atoms. The number of carbonyl (C=O) groups is 2. The molecule has 2 heterocycles. The molecule has 1 fully saturated rings. The molecule has 0 unspecified atom stereocenters. The van der Waals surface area contributed by atoms with Gasteiger partial charge in [0.1, 0.15) is 12.2 Å². The monoisotopic (exact) mass is 416 g/mol. The van der Waals surface area contributed by atoms with Gasteiger partial charge in [-0.15, -0.1) is 10.2 Å². The molecular formula is C21H32N6O3. The van der Waals surface area contributed by atoms with Crippen molar-refractivity contribution in [2.45, 2.75) is 40.2 Å². The molecule has 9 nitrogen and oxygen atoms in total. The van der Waals surface area contributed by atoms with E-state index in [-0.39, 0.29) is 12.5 Å². The number of amides is 2. The van der Waals surface area contributed by atoms with Crippen molar-refractivity contribution in [3.8, 4) is 0 Å². The van der Waals surface area contributed by atoms with E-state index in [1.165, 1.54) is 16.8 Å². The van der Waals surface area contributed by atoms with E-state index in [1.807, 2.05) is 9.47 Å². The summed E-state index contributed by atoms with van der Waals surface area (Å²) in [4.78, 5) is 25.1. The minimum Gasteiger partial charge on any atom is -0.483 e. The van der Waals surface area contributed by atoms with Crippen molar-refractivity contribution in [1.82, 2.24) is 25.0 Å². The molecule has 1 aliphatic heterocycles. The molecule has 2 aromatic rings. The number of benzene rings is 1. The third-order valence-corrected chi connectivity index (χ3v) is 5.31. The zero-order valence-electron chi connectivity index (χ0n) is 18.2. The Bertz CT molecular complexity index is 828. The van der Waals surface area contributed by atoms with Crippen molar-refractivity contribution in [2.75, 3.05) is 37.6 Å². The molecule has 1 aromatic carbocycles. The molecule has 0 radical (unpaired) electrons. The summed E-state index contributed by atoms with van der Waals surface area (Å²) in [6.07, 6.45) is 2.43. The Morgan fingerprint density at radius 3 is 2.53 bits per heavy atom. The third-order valence-electron chi connectivity index (χ3n) is 5.31. The van der Waals surface area contributed by atoms with Crippen LogP contribution >= 0.6 is 0 Å². The molecule has 1 saturated heterocycles. The topological polar surface area (TPSA) is 104 Å². The molecule has 0 atom stereocenters. The SMILES string of the molecule is Cc1cccc(N2CCN(C(=O)NCCc3nncn3C(C)C)CC2)c1C.O=CO. The van der Waals surface area contributed by atoms with Gasteiger partial charge < -0.3 is 24.8 Å². The summed E-state index contributed by atoms with van der Waals surface area (Å²) in [6.45, 7) is 12.0. The second-order valence-electron chi connectivity index (χ2n) is 7.53. The van der Waals surface area contributed by atoms with Crippen LogP contribution in [0.25, 0.3) is 0 Å².